The lowest BCUT2D eigenvalue weighted by molar-refractivity contribution is 1.18. The standard InChI is InChI=1S/C56H38N2/c1-3-15-39(16-4-1)41-29-33-45(34-30-41)57(55-28-14-25-49-47-22-8-7-19-42(47)31-36-52(49)55)56-38-43(40-17-5-2-6-18-40)32-35-48(56)44-20-13-21-46(37-44)58-53-26-11-9-23-50(53)51-24-10-12-27-54(51)58/h1-38H. The van der Waals surface area contributed by atoms with Crippen molar-refractivity contribution in [3.63, 3.8) is 0 Å². The fourth-order valence-corrected chi connectivity index (χ4v) is 8.84. The highest BCUT2D eigenvalue weighted by Crippen LogP contribution is 2.46. The summed E-state index contributed by atoms with van der Waals surface area (Å²) in [5, 5.41) is 7.42. The second-order valence-corrected chi connectivity index (χ2v) is 14.9. The molecule has 0 aliphatic heterocycles. The van der Waals surface area contributed by atoms with Crippen molar-refractivity contribution in [2.45, 2.75) is 0 Å². The van der Waals surface area contributed by atoms with Crippen LogP contribution in [0.2, 0.25) is 0 Å². The van der Waals surface area contributed by atoms with Gasteiger partial charge < -0.3 is 9.47 Å². The van der Waals surface area contributed by atoms with Crippen molar-refractivity contribution in [2.24, 2.45) is 0 Å². The molecule has 11 rings (SSSR count). The molecule has 10 aromatic carbocycles. The number of anilines is 3. The molecule has 0 fully saturated rings. The summed E-state index contributed by atoms with van der Waals surface area (Å²) in [4.78, 5) is 2.47. The fourth-order valence-electron chi connectivity index (χ4n) is 8.84. The maximum Gasteiger partial charge on any atom is 0.0546 e. The summed E-state index contributed by atoms with van der Waals surface area (Å²) in [5.74, 6) is 0. The number of benzene rings is 10. The molecule has 0 aliphatic rings. The Kier molecular flexibility index (Phi) is 8.19. The predicted molar refractivity (Wildman–Crippen MR) is 247 cm³/mol. The monoisotopic (exact) mass is 738 g/mol. The summed E-state index contributed by atoms with van der Waals surface area (Å²) in [6.07, 6.45) is 0. The van der Waals surface area contributed by atoms with Crippen LogP contribution < -0.4 is 4.90 Å². The molecular weight excluding hydrogens is 701 g/mol. The van der Waals surface area contributed by atoms with Gasteiger partial charge in [-0.15, -0.1) is 0 Å². The van der Waals surface area contributed by atoms with Crippen LogP contribution in [0, 0.1) is 0 Å². The Labute approximate surface area is 338 Å². The largest absolute Gasteiger partial charge is 0.309 e. The van der Waals surface area contributed by atoms with Crippen LogP contribution >= 0.6 is 0 Å². The average Bonchev–Trinajstić information content (AvgIpc) is 3.64. The van der Waals surface area contributed by atoms with Gasteiger partial charge >= 0.3 is 0 Å². The molecule has 0 bridgehead atoms. The van der Waals surface area contributed by atoms with Crippen LogP contribution in [-0.4, -0.2) is 4.57 Å². The van der Waals surface area contributed by atoms with E-state index in [2.05, 4.69) is 240 Å². The van der Waals surface area contributed by atoms with Gasteiger partial charge in [0.1, 0.15) is 0 Å². The molecule has 0 aliphatic carbocycles. The van der Waals surface area contributed by atoms with Crippen LogP contribution in [0.5, 0.6) is 0 Å². The van der Waals surface area contributed by atoms with E-state index in [0.29, 0.717) is 0 Å². The molecule has 0 saturated carbocycles. The van der Waals surface area contributed by atoms with E-state index in [1.54, 1.807) is 0 Å². The third-order valence-electron chi connectivity index (χ3n) is 11.6. The lowest BCUT2D eigenvalue weighted by Gasteiger charge is -2.30. The quantitative estimate of drug-likeness (QED) is 0.148. The maximum absolute atomic E-state index is 2.47. The van der Waals surface area contributed by atoms with Crippen molar-refractivity contribution in [1.29, 1.82) is 0 Å². The van der Waals surface area contributed by atoms with Crippen molar-refractivity contribution in [2.75, 3.05) is 4.90 Å². The zero-order chi connectivity index (χ0) is 38.4. The molecule has 0 amide bonds. The number of para-hydroxylation sites is 2. The second kappa shape index (κ2) is 14.1. The van der Waals surface area contributed by atoms with Gasteiger partial charge in [0.25, 0.3) is 0 Å². The van der Waals surface area contributed by atoms with E-state index in [4.69, 9.17) is 0 Å². The molecule has 272 valence electrons. The first-order valence-corrected chi connectivity index (χ1v) is 19.9. The van der Waals surface area contributed by atoms with E-state index in [0.717, 1.165) is 39.4 Å². The van der Waals surface area contributed by atoms with Crippen LogP contribution in [0.3, 0.4) is 0 Å². The van der Waals surface area contributed by atoms with Crippen molar-refractivity contribution in [3.8, 4) is 39.1 Å². The van der Waals surface area contributed by atoms with Gasteiger partial charge in [-0.3, -0.25) is 0 Å². The first kappa shape index (κ1) is 33.6. The van der Waals surface area contributed by atoms with E-state index < -0.39 is 0 Å². The van der Waals surface area contributed by atoms with Gasteiger partial charge in [-0.1, -0.05) is 182 Å². The third kappa shape index (κ3) is 5.74. The third-order valence-corrected chi connectivity index (χ3v) is 11.6. The average molecular weight is 739 g/mol. The lowest BCUT2D eigenvalue weighted by Crippen LogP contribution is -2.12. The Hall–Kier alpha value is -7.68. The molecular formula is C56H38N2. The molecule has 1 heterocycles. The molecule has 0 atom stereocenters. The predicted octanol–water partition coefficient (Wildman–Crippen LogP) is 15.6. The van der Waals surface area contributed by atoms with Crippen LogP contribution in [0.4, 0.5) is 17.1 Å². The van der Waals surface area contributed by atoms with E-state index in [1.165, 1.54) is 60.0 Å². The zero-order valence-electron chi connectivity index (χ0n) is 31.8. The van der Waals surface area contributed by atoms with Gasteiger partial charge in [0.2, 0.25) is 0 Å². The van der Waals surface area contributed by atoms with Gasteiger partial charge in [-0.25, -0.2) is 0 Å². The summed E-state index contributed by atoms with van der Waals surface area (Å²) in [6.45, 7) is 0. The van der Waals surface area contributed by atoms with Crippen LogP contribution in [0.1, 0.15) is 0 Å². The lowest BCUT2D eigenvalue weighted by atomic mass is 9.95. The molecule has 0 spiro atoms. The van der Waals surface area contributed by atoms with Crippen LogP contribution in [0.15, 0.2) is 231 Å². The summed E-state index contributed by atoms with van der Waals surface area (Å²) in [5.41, 5.74) is 13.9. The smallest absolute Gasteiger partial charge is 0.0546 e. The molecule has 11 aromatic rings. The number of fused-ring (bicyclic) bond motifs is 6. The van der Waals surface area contributed by atoms with E-state index in [1.807, 2.05) is 0 Å². The number of nitrogens with zero attached hydrogens (tertiary/aromatic N) is 2. The number of rotatable bonds is 7. The van der Waals surface area contributed by atoms with Crippen molar-refractivity contribution in [1.82, 2.24) is 4.57 Å². The Bertz CT molecular complexity index is 3220. The van der Waals surface area contributed by atoms with Gasteiger partial charge in [0.05, 0.1) is 22.4 Å². The summed E-state index contributed by atoms with van der Waals surface area (Å²) in [7, 11) is 0. The zero-order valence-corrected chi connectivity index (χ0v) is 31.8. The SMILES string of the molecule is c1ccc(-c2ccc(N(c3cc(-c4ccccc4)ccc3-c3cccc(-n4c5ccccc5c5ccccc54)c3)c3cccc4c3ccc3ccccc34)cc2)cc1. The van der Waals surface area contributed by atoms with Gasteiger partial charge in [-0.05, 0) is 92.5 Å². The number of aromatic nitrogens is 1. The Morgan fingerprint density at radius 3 is 1.57 bits per heavy atom. The molecule has 0 saturated heterocycles. The van der Waals surface area contributed by atoms with Crippen LogP contribution in [0.25, 0.3) is 82.4 Å². The molecule has 0 radical (unpaired) electrons. The van der Waals surface area contributed by atoms with E-state index >= 15 is 0 Å². The molecule has 0 unspecified atom stereocenters. The minimum atomic E-state index is 1.09. The Balaban J connectivity index is 1.17. The highest BCUT2D eigenvalue weighted by molar-refractivity contribution is 6.13. The Morgan fingerprint density at radius 1 is 0.293 bits per heavy atom. The molecule has 2 heteroatoms. The number of hydrogen-bond acceptors (Lipinski definition) is 1. The number of hydrogen-bond donors (Lipinski definition) is 0. The van der Waals surface area contributed by atoms with Gasteiger partial charge in [0.15, 0.2) is 0 Å². The molecule has 0 N–H and O–H groups in total. The van der Waals surface area contributed by atoms with Crippen molar-refractivity contribution >= 4 is 60.4 Å². The highest BCUT2D eigenvalue weighted by Gasteiger charge is 2.22. The summed E-state index contributed by atoms with van der Waals surface area (Å²) in [6, 6.07) is 83.8. The minimum absolute atomic E-state index is 1.09. The van der Waals surface area contributed by atoms with Crippen molar-refractivity contribution in [3.05, 3.63) is 231 Å². The second-order valence-electron chi connectivity index (χ2n) is 14.9. The molecule has 1 aromatic heterocycles. The van der Waals surface area contributed by atoms with E-state index in [-0.39, 0.29) is 0 Å². The first-order valence-electron chi connectivity index (χ1n) is 19.9. The van der Waals surface area contributed by atoms with E-state index in [9.17, 15) is 0 Å². The summed E-state index contributed by atoms with van der Waals surface area (Å²) < 4.78 is 2.40. The normalized spacial score (nSPS) is 11.4. The summed E-state index contributed by atoms with van der Waals surface area (Å²) >= 11 is 0. The highest BCUT2D eigenvalue weighted by atomic mass is 15.1. The Morgan fingerprint density at radius 2 is 0.845 bits per heavy atom. The first-order chi connectivity index (χ1) is 28.8. The molecule has 58 heavy (non-hydrogen) atoms. The fraction of sp³-hybridized carbons (Fsp3) is 0. The maximum atomic E-state index is 2.47. The van der Waals surface area contributed by atoms with Gasteiger partial charge in [0, 0.05) is 33.1 Å². The molecule has 2 nitrogen and oxygen atoms in total. The van der Waals surface area contributed by atoms with Crippen molar-refractivity contribution < 1.29 is 0 Å². The topological polar surface area (TPSA) is 8.17 Å². The minimum Gasteiger partial charge on any atom is -0.309 e. The van der Waals surface area contributed by atoms with Crippen LogP contribution in [-0.2, 0) is 0 Å². The van der Waals surface area contributed by atoms with Gasteiger partial charge in [-0.2, -0.15) is 0 Å².